The summed E-state index contributed by atoms with van der Waals surface area (Å²) in [5.74, 6) is 0.375. The van der Waals surface area contributed by atoms with Crippen LogP contribution in [0.3, 0.4) is 0 Å². The lowest BCUT2D eigenvalue weighted by molar-refractivity contribution is -0.123. The van der Waals surface area contributed by atoms with Crippen LogP contribution in [-0.2, 0) is 4.79 Å². The Morgan fingerprint density at radius 3 is 2.46 bits per heavy atom. The van der Waals surface area contributed by atoms with Crippen LogP contribution >= 0.6 is 0 Å². The van der Waals surface area contributed by atoms with Crippen LogP contribution in [0, 0.1) is 11.3 Å². The number of nitrogens with one attached hydrogen (secondary N) is 2. The molecule has 1 aliphatic heterocycles. The molecule has 1 saturated heterocycles. The second-order valence-electron chi connectivity index (χ2n) is 8.29. The van der Waals surface area contributed by atoms with Gasteiger partial charge in [-0.05, 0) is 59.7 Å². The molecule has 3 aromatic rings. The smallest absolute Gasteiger partial charge is 0.224 e. The fourth-order valence-corrected chi connectivity index (χ4v) is 4.93. The van der Waals surface area contributed by atoms with Gasteiger partial charge in [-0.2, -0.15) is 0 Å². The highest BCUT2D eigenvalue weighted by atomic mass is 16.2. The van der Waals surface area contributed by atoms with E-state index in [0.29, 0.717) is 0 Å². The Labute approximate surface area is 166 Å². The molecular formula is C25H26N2O. The van der Waals surface area contributed by atoms with Crippen LogP contribution in [0.25, 0.3) is 10.8 Å². The highest BCUT2D eigenvalue weighted by Gasteiger charge is 2.57. The largest absolute Gasteiger partial charge is 0.345 e. The van der Waals surface area contributed by atoms with Gasteiger partial charge < -0.3 is 10.6 Å². The summed E-state index contributed by atoms with van der Waals surface area (Å²) in [5, 5.41) is 9.24. The maximum absolute atomic E-state index is 13.2. The van der Waals surface area contributed by atoms with Crippen molar-refractivity contribution in [2.45, 2.75) is 25.3 Å². The Balaban J connectivity index is 1.48. The third-order valence-electron chi connectivity index (χ3n) is 6.66. The molecule has 1 aliphatic carbocycles. The van der Waals surface area contributed by atoms with Crippen LogP contribution in [0.15, 0.2) is 72.8 Å². The van der Waals surface area contributed by atoms with Gasteiger partial charge >= 0.3 is 0 Å². The van der Waals surface area contributed by atoms with Crippen molar-refractivity contribution in [3.63, 3.8) is 0 Å². The molecule has 0 radical (unpaired) electrons. The molecule has 142 valence electrons. The van der Waals surface area contributed by atoms with Crippen LogP contribution in [-0.4, -0.2) is 19.0 Å². The van der Waals surface area contributed by atoms with E-state index in [9.17, 15) is 4.79 Å². The van der Waals surface area contributed by atoms with Crippen molar-refractivity contribution in [3.8, 4) is 0 Å². The van der Waals surface area contributed by atoms with Crippen molar-refractivity contribution in [3.05, 3.63) is 83.9 Å². The van der Waals surface area contributed by atoms with E-state index in [4.69, 9.17) is 0 Å². The molecule has 28 heavy (non-hydrogen) atoms. The average Bonchev–Trinajstić information content (AvgIpc) is 3.45. The Bertz CT molecular complexity index is 986. The van der Waals surface area contributed by atoms with Gasteiger partial charge in [0.1, 0.15) is 0 Å². The second kappa shape index (κ2) is 7.06. The second-order valence-corrected chi connectivity index (χ2v) is 8.29. The van der Waals surface area contributed by atoms with Crippen molar-refractivity contribution in [2.24, 2.45) is 11.3 Å². The van der Waals surface area contributed by atoms with Gasteiger partial charge in [-0.3, -0.25) is 4.79 Å². The van der Waals surface area contributed by atoms with Crippen molar-refractivity contribution >= 4 is 16.7 Å². The van der Waals surface area contributed by atoms with E-state index in [2.05, 4.69) is 65.2 Å². The van der Waals surface area contributed by atoms with Gasteiger partial charge in [-0.25, -0.2) is 0 Å². The summed E-state index contributed by atoms with van der Waals surface area (Å²) in [6.07, 6.45) is 3.28. The van der Waals surface area contributed by atoms with Gasteiger partial charge in [0.05, 0.1) is 6.04 Å². The SMILES string of the molecule is O=C(NC(c1ccccc1)c1cccc2ccccc12)C1CC12CCNCC2. The quantitative estimate of drug-likeness (QED) is 0.713. The molecular weight excluding hydrogens is 344 g/mol. The third kappa shape index (κ3) is 3.10. The molecule has 1 heterocycles. The monoisotopic (exact) mass is 370 g/mol. The minimum absolute atomic E-state index is 0.126. The number of hydrogen-bond donors (Lipinski definition) is 2. The van der Waals surface area contributed by atoms with Gasteiger partial charge in [0.15, 0.2) is 0 Å². The van der Waals surface area contributed by atoms with Gasteiger partial charge in [0, 0.05) is 5.92 Å². The first-order valence-corrected chi connectivity index (χ1v) is 10.3. The summed E-state index contributed by atoms with van der Waals surface area (Å²) in [6.45, 7) is 2.07. The van der Waals surface area contributed by atoms with Crippen molar-refractivity contribution in [1.29, 1.82) is 0 Å². The number of rotatable bonds is 4. The number of hydrogen-bond acceptors (Lipinski definition) is 2. The summed E-state index contributed by atoms with van der Waals surface area (Å²) in [6, 6.07) is 25.0. The van der Waals surface area contributed by atoms with E-state index in [1.807, 2.05) is 18.2 Å². The molecule has 2 unspecified atom stereocenters. The lowest BCUT2D eigenvalue weighted by Crippen LogP contribution is -2.35. The first kappa shape index (κ1) is 17.4. The molecule has 3 aromatic carbocycles. The van der Waals surface area contributed by atoms with Crippen LogP contribution in [0.5, 0.6) is 0 Å². The fourth-order valence-electron chi connectivity index (χ4n) is 4.93. The molecule has 1 saturated carbocycles. The van der Waals surface area contributed by atoms with Crippen LogP contribution in [0.1, 0.15) is 36.4 Å². The Kier molecular flexibility index (Phi) is 4.40. The molecule has 3 nitrogen and oxygen atoms in total. The van der Waals surface area contributed by atoms with E-state index in [1.54, 1.807) is 0 Å². The lowest BCUT2D eigenvalue weighted by Gasteiger charge is -2.25. The summed E-state index contributed by atoms with van der Waals surface area (Å²) in [4.78, 5) is 13.2. The zero-order chi connectivity index (χ0) is 19.0. The summed E-state index contributed by atoms with van der Waals surface area (Å²) in [7, 11) is 0. The Hall–Kier alpha value is -2.65. The topological polar surface area (TPSA) is 41.1 Å². The maximum Gasteiger partial charge on any atom is 0.224 e. The fraction of sp³-hybridized carbons (Fsp3) is 0.320. The lowest BCUT2D eigenvalue weighted by atomic mass is 9.90. The summed E-state index contributed by atoms with van der Waals surface area (Å²) in [5.41, 5.74) is 2.54. The van der Waals surface area contributed by atoms with Crippen molar-refractivity contribution < 1.29 is 4.79 Å². The van der Waals surface area contributed by atoms with E-state index >= 15 is 0 Å². The van der Waals surface area contributed by atoms with Gasteiger partial charge in [0.2, 0.25) is 5.91 Å². The van der Waals surface area contributed by atoms with Gasteiger partial charge in [-0.15, -0.1) is 0 Å². The molecule has 2 atom stereocenters. The Morgan fingerprint density at radius 2 is 1.64 bits per heavy atom. The Morgan fingerprint density at radius 1 is 0.929 bits per heavy atom. The molecule has 1 amide bonds. The number of benzene rings is 3. The number of fused-ring (bicyclic) bond motifs is 1. The minimum Gasteiger partial charge on any atom is -0.345 e. The van der Waals surface area contributed by atoms with Crippen LogP contribution < -0.4 is 10.6 Å². The number of carbonyl (C=O) groups excluding carboxylic acids is 1. The zero-order valence-electron chi connectivity index (χ0n) is 16.0. The van der Waals surface area contributed by atoms with Crippen LogP contribution in [0.4, 0.5) is 0 Å². The number of amides is 1. The molecule has 3 heteroatoms. The molecule has 5 rings (SSSR count). The first-order chi connectivity index (χ1) is 13.8. The molecule has 2 N–H and O–H groups in total. The molecule has 0 bridgehead atoms. The van der Waals surface area contributed by atoms with Crippen molar-refractivity contribution in [2.75, 3.05) is 13.1 Å². The minimum atomic E-state index is -0.126. The molecule has 0 aromatic heterocycles. The summed E-state index contributed by atoms with van der Waals surface area (Å²) < 4.78 is 0. The predicted molar refractivity (Wildman–Crippen MR) is 113 cm³/mol. The highest BCUT2D eigenvalue weighted by Crippen LogP contribution is 2.58. The van der Waals surface area contributed by atoms with E-state index in [1.165, 1.54) is 10.8 Å². The maximum atomic E-state index is 13.2. The van der Waals surface area contributed by atoms with E-state index in [0.717, 1.165) is 43.5 Å². The molecule has 2 aliphatic rings. The molecule has 2 fully saturated rings. The van der Waals surface area contributed by atoms with Gasteiger partial charge in [0.25, 0.3) is 0 Å². The standard InChI is InChI=1S/C25H26N2O/c28-24(22-17-25(22)13-15-26-16-14-25)27-23(19-8-2-1-3-9-19)21-12-6-10-18-7-4-5-11-20(18)21/h1-12,22-23,26H,13-17H2,(H,27,28). The first-order valence-electron chi connectivity index (χ1n) is 10.3. The van der Waals surface area contributed by atoms with Crippen molar-refractivity contribution in [1.82, 2.24) is 10.6 Å². The average molecular weight is 370 g/mol. The number of carbonyl (C=O) groups is 1. The summed E-state index contributed by atoms with van der Waals surface area (Å²) >= 11 is 0. The predicted octanol–water partition coefficient (Wildman–Crippen LogP) is 4.44. The van der Waals surface area contributed by atoms with E-state index in [-0.39, 0.29) is 23.3 Å². The third-order valence-corrected chi connectivity index (χ3v) is 6.66. The number of piperidine rings is 1. The van der Waals surface area contributed by atoms with Gasteiger partial charge in [-0.1, -0.05) is 72.8 Å². The zero-order valence-corrected chi connectivity index (χ0v) is 16.0. The highest BCUT2D eigenvalue weighted by molar-refractivity contribution is 5.88. The molecule has 1 spiro atoms. The van der Waals surface area contributed by atoms with Crippen LogP contribution in [0.2, 0.25) is 0 Å². The normalized spacial score (nSPS) is 21.4. The van der Waals surface area contributed by atoms with E-state index < -0.39 is 0 Å².